The van der Waals surface area contributed by atoms with Gasteiger partial charge in [0.1, 0.15) is 6.10 Å². The number of fused-ring (bicyclic) bond motifs is 7. The minimum Gasteiger partial charge on any atom is -0.462 e. The highest BCUT2D eigenvalue weighted by atomic mass is 16.5. The van der Waals surface area contributed by atoms with Crippen molar-refractivity contribution in [2.24, 2.45) is 56.2 Å². The van der Waals surface area contributed by atoms with Gasteiger partial charge in [0.05, 0.1) is 0 Å². The molecule has 5 aliphatic carbocycles. The van der Waals surface area contributed by atoms with E-state index in [-0.39, 0.29) is 12.1 Å². The van der Waals surface area contributed by atoms with Crippen molar-refractivity contribution in [2.45, 2.75) is 133 Å². The van der Waals surface area contributed by atoms with Gasteiger partial charge in [0.25, 0.3) is 0 Å². The smallest absolute Gasteiger partial charge is 0.302 e. The summed E-state index contributed by atoms with van der Waals surface area (Å²) in [5.41, 5.74) is 2.61. The van der Waals surface area contributed by atoms with Crippen molar-refractivity contribution in [3.05, 3.63) is 0 Å². The highest BCUT2D eigenvalue weighted by Gasteiger charge is 2.71. The van der Waals surface area contributed by atoms with Crippen LogP contribution >= 0.6 is 0 Å². The Morgan fingerprint density at radius 3 is 2.00 bits per heavy atom. The minimum atomic E-state index is -0.0922. The molecule has 0 bridgehead atoms. The Morgan fingerprint density at radius 2 is 1.33 bits per heavy atom. The number of ether oxygens (including phenoxy) is 1. The van der Waals surface area contributed by atoms with Gasteiger partial charge in [-0.25, -0.2) is 0 Å². The molecule has 5 saturated carbocycles. The van der Waals surface area contributed by atoms with Gasteiger partial charge in [-0.05, 0) is 120 Å². The molecule has 10 atom stereocenters. The van der Waals surface area contributed by atoms with Gasteiger partial charge in [0, 0.05) is 6.92 Å². The predicted molar refractivity (Wildman–Crippen MR) is 136 cm³/mol. The van der Waals surface area contributed by atoms with E-state index in [9.17, 15) is 4.79 Å². The van der Waals surface area contributed by atoms with E-state index in [0.29, 0.717) is 44.3 Å². The number of carbonyl (C=O) groups is 1. The van der Waals surface area contributed by atoms with Crippen molar-refractivity contribution < 1.29 is 9.53 Å². The lowest BCUT2D eigenvalue weighted by molar-refractivity contribution is -0.248. The van der Waals surface area contributed by atoms with Crippen molar-refractivity contribution >= 4 is 5.97 Å². The Balaban J connectivity index is 1.51. The quantitative estimate of drug-likeness (QED) is 0.370. The Morgan fingerprint density at radius 1 is 0.727 bits per heavy atom. The Labute approximate surface area is 204 Å². The van der Waals surface area contributed by atoms with Crippen LogP contribution in [-0.4, -0.2) is 12.1 Å². The average molecular weight is 457 g/mol. The lowest BCUT2D eigenvalue weighted by Gasteiger charge is -2.74. The van der Waals surface area contributed by atoms with Crippen LogP contribution < -0.4 is 0 Å². The molecule has 0 heterocycles. The molecule has 0 amide bonds. The van der Waals surface area contributed by atoms with E-state index in [1.54, 1.807) is 6.92 Å². The first-order valence-corrected chi connectivity index (χ1v) is 14.3. The van der Waals surface area contributed by atoms with Crippen molar-refractivity contribution in [1.82, 2.24) is 0 Å². The Hall–Kier alpha value is -0.530. The summed E-state index contributed by atoms with van der Waals surface area (Å²) in [5.74, 6) is 2.73. The van der Waals surface area contributed by atoms with Gasteiger partial charge in [-0.3, -0.25) is 4.79 Å². The second-order valence-electron chi connectivity index (χ2n) is 15.7. The zero-order chi connectivity index (χ0) is 24.2. The van der Waals surface area contributed by atoms with Gasteiger partial charge >= 0.3 is 5.97 Å². The SMILES string of the molecule is CC(=O)O[C@@H]1C[C@@H]2[C@](C)(CC[C@H]3[C@@]2(C)CC[C@@]2(C)[C@H]4CC(C)(C)CC[C@]4(C)CC[C@]32C)[C@H]1C. The third-order valence-corrected chi connectivity index (χ3v) is 14.0. The molecule has 0 aliphatic heterocycles. The zero-order valence-electron chi connectivity index (χ0n) is 23.3. The lowest BCUT2D eigenvalue weighted by Crippen LogP contribution is -2.66. The molecule has 5 aliphatic rings. The largest absolute Gasteiger partial charge is 0.462 e. The van der Waals surface area contributed by atoms with Gasteiger partial charge in [-0.15, -0.1) is 0 Å². The number of esters is 1. The average Bonchev–Trinajstić information content (AvgIpc) is 2.97. The van der Waals surface area contributed by atoms with Gasteiger partial charge in [-0.1, -0.05) is 55.4 Å². The summed E-state index contributed by atoms with van der Waals surface area (Å²) in [7, 11) is 0. The second-order valence-corrected chi connectivity index (χ2v) is 15.7. The van der Waals surface area contributed by atoms with Crippen LogP contribution in [0.1, 0.15) is 127 Å². The van der Waals surface area contributed by atoms with Crippen molar-refractivity contribution in [1.29, 1.82) is 0 Å². The molecule has 0 aromatic rings. The third kappa shape index (κ3) is 3.06. The van der Waals surface area contributed by atoms with Crippen molar-refractivity contribution in [2.75, 3.05) is 0 Å². The van der Waals surface area contributed by atoms with E-state index in [2.05, 4.69) is 55.4 Å². The Bertz CT molecular complexity index is 831. The maximum atomic E-state index is 11.9. The topological polar surface area (TPSA) is 26.3 Å². The highest BCUT2D eigenvalue weighted by molar-refractivity contribution is 5.66. The summed E-state index contributed by atoms with van der Waals surface area (Å²) in [6.45, 7) is 22.4. The Kier molecular flexibility index (Phi) is 5.15. The summed E-state index contributed by atoms with van der Waals surface area (Å²) in [6.07, 6.45) is 13.8. The van der Waals surface area contributed by atoms with Crippen LogP contribution in [0.2, 0.25) is 0 Å². The lowest BCUT2D eigenvalue weighted by atomic mass is 9.31. The van der Waals surface area contributed by atoms with E-state index < -0.39 is 0 Å². The normalized spacial score (nSPS) is 57.3. The van der Waals surface area contributed by atoms with E-state index in [0.717, 1.165) is 18.3 Å². The van der Waals surface area contributed by atoms with Gasteiger partial charge in [-0.2, -0.15) is 0 Å². The minimum absolute atomic E-state index is 0.0922. The number of hydrogen-bond donors (Lipinski definition) is 0. The molecule has 0 saturated heterocycles. The standard InChI is InChI=1S/C31H52O2/c1-20-22(33-21(2)32)18-24-28(20,6)11-10-23-29(24,7)15-17-31(9)25-19-26(3,4)12-13-27(25,5)14-16-30(23,31)8/h20,22-25H,10-19H2,1-9H3/t20-,22+,23-,24+,25-,27+,28+,29+,30+,31-/m0/s1. The molecular weight excluding hydrogens is 404 g/mol. The van der Waals surface area contributed by atoms with Crippen LogP contribution in [0.25, 0.3) is 0 Å². The first-order chi connectivity index (χ1) is 15.1. The highest BCUT2D eigenvalue weighted by Crippen LogP contribution is 2.78. The molecular formula is C31H52O2. The van der Waals surface area contributed by atoms with Crippen LogP contribution in [0.4, 0.5) is 0 Å². The fraction of sp³-hybridized carbons (Fsp3) is 0.968. The van der Waals surface area contributed by atoms with Crippen molar-refractivity contribution in [3.63, 3.8) is 0 Å². The third-order valence-electron chi connectivity index (χ3n) is 14.0. The molecule has 2 nitrogen and oxygen atoms in total. The maximum absolute atomic E-state index is 11.9. The molecule has 2 heteroatoms. The monoisotopic (exact) mass is 456 g/mol. The van der Waals surface area contributed by atoms with E-state index in [1.165, 1.54) is 57.8 Å². The number of rotatable bonds is 1. The number of carbonyl (C=O) groups excluding carboxylic acids is 1. The zero-order valence-corrected chi connectivity index (χ0v) is 23.3. The molecule has 0 aromatic heterocycles. The summed E-state index contributed by atoms with van der Waals surface area (Å²) >= 11 is 0. The molecule has 0 spiro atoms. The molecule has 33 heavy (non-hydrogen) atoms. The molecule has 188 valence electrons. The van der Waals surface area contributed by atoms with E-state index in [1.807, 2.05) is 0 Å². The van der Waals surface area contributed by atoms with Crippen LogP contribution in [0.15, 0.2) is 0 Å². The summed E-state index contributed by atoms with van der Waals surface area (Å²) < 4.78 is 5.92. The van der Waals surface area contributed by atoms with Crippen LogP contribution in [0.3, 0.4) is 0 Å². The first-order valence-electron chi connectivity index (χ1n) is 14.3. The molecule has 5 rings (SSSR count). The van der Waals surface area contributed by atoms with E-state index in [4.69, 9.17) is 4.74 Å². The number of hydrogen-bond acceptors (Lipinski definition) is 2. The fourth-order valence-electron chi connectivity index (χ4n) is 11.4. The molecule has 0 radical (unpaired) electrons. The maximum Gasteiger partial charge on any atom is 0.302 e. The van der Waals surface area contributed by atoms with Crippen molar-refractivity contribution in [3.8, 4) is 0 Å². The van der Waals surface area contributed by atoms with Crippen LogP contribution in [-0.2, 0) is 9.53 Å². The van der Waals surface area contributed by atoms with Crippen LogP contribution in [0.5, 0.6) is 0 Å². The summed E-state index contributed by atoms with van der Waals surface area (Å²) in [4.78, 5) is 11.9. The molecule has 0 aromatic carbocycles. The fourth-order valence-corrected chi connectivity index (χ4v) is 11.4. The van der Waals surface area contributed by atoms with Gasteiger partial charge in [0.2, 0.25) is 0 Å². The van der Waals surface area contributed by atoms with Gasteiger partial charge < -0.3 is 4.74 Å². The second kappa shape index (κ2) is 7.03. The molecule has 0 unspecified atom stereocenters. The predicted octanol–water partition coefficient (Wildman–Crippen LogP) is 8.43. The first kappa shape index (κ1) is 24.2. The summed E-state index contributed by atoms with van der Waals surface area (Å²) in [5, 5.41) is 0. The van der Waals surface area contributed by atoms with E-state index >= 15 is 0 Å². The van der Waals surface area contributed by atoms with Crippen LogP contribution in [0, 0.1) is 56.2 Å². The molecule has 5 fully saturated rings. The summed E-state index contributed by atoms with van der Waals surface area (Å²) in [6, 6.07) is 0. The van der Waals surface area contributed by atoms with Gasteiger partial charge in [0.15, 0.2) is 0 Å². The molecule has 0 N–H and O–H groups in total.